The summed E-state index contributed by atoms with van der Waals surface area (Å²) in [4.78, 5) is 11.7. The van der Waals surface area contributed by atoms with E-state index >= 15 is 0 Å². The molecule has 110 valence electrons. The number of hydrogen-bond acceptors (Lipinski definition) is 3. The normalized spacial score (nSPS) is 10.0. The maximum absolute atomic E-state index is 11.7. The maximum atomic E-state index is 11.7. The first-order valence-corrected chi connectivity index (χ1v) is 6.73. The van der Waals surface area contributed by atoms with Crippen molar-refractivity contribution in [2.45, 2.75) is 13.5 Å². The molecule has 0 unspecified atom stereocenters. The van der Waals surface area contributed by atoms with E-state index in [1.54, 1.807) is 32.4 Å². The fourth-order valence-corrected chi connectivity index (χ4v) is 2.05. The van der Waals surface area contributed by atoms with Gasteiger partial charge in [0.2, 0.25) is 0 Å². The number of methoxy groups -OCH3 is 1. The molecule has 0 aliphatic rings. The zero-order valence-corrected chi connectivity index (χ0v) is 12.5. The van der Waals surface area contributed by atoms with Crippen molar-refractivity contribution in [1.29, 1.82) is 0 Å². The van der Waals surface area contributed by atoms with Gasteiger partial charge in [0, 0.05) is 18.2 Å². The molecule has 0 bridgehead atoms. The highest BCUT2D eigenvalue weighted by atomic mass is 16.5. The molecule has 4 heteroatoms. The molecular formula is C17H19NO3. The van der Waals surface area contributed by atoms with Crippen molar-refractivity contribution < 1.29 is 14.3 Å². The van der Waals surface area contributed by atoms with E-state index < -0.39 is 0 Å². The lowest BCUT2D eigenvalue weighted by Crippen LogP contribution is -2.18. The van der Waals surface area contributed by atoms with Crippen LogP contribution < -0.4 is 14.8 Å². The van der Waals surface area contributed by atoms with E-state index in [9.17, 15) is 4.79 Å². The molecule has 0 saturated carbocycles. The van der Waals surface area contributed by atoms with Crippen LogP contribution in [0.1, 0.15) is 21.5 Å². The number of para-hydroxylation sites is 1. The van der Waals surface area contributed by atoms with Crippen molar-refractivity contribution >= 4 is 5.91 Å². The van der Waals surface area contributed by atoms with E-state index in [0.29, 0.717) is 17.9 Å². The summed E-state index contributed by atoms with van der Waals surface area (Å²) >= 11 is 0. The molecule has 0 aliphatic heterocycles. The number of aryl methyl sites for hydroxylation is 1. The summed E-state index contributed by atoms with van der Waals surface area (Å²) in [5.41, 5.74) is 2.49. The predicted octanol–water partition coefficient (Wildman–Crippen LogP) is 2.94. The van der Waals surface area contributed by atoms with E-state index in [0.717, 1.165) is 16.9 Å². The standard InChI is InChI=1S/C17H19NO3/c1-12-6-4-5-7-15(12)21-11-14-10-13(17(19)18-2)8-9-16(14)20-3/h4-10H,11H2,1-3H3,(H,18,19). The van der Waals surface area contributed by atoms with Gasteiger partial charge >= 0.3 is 0 Å². The van der Waals surface area contributed by atoms with Crippen LogP contribution in [0.25, 0.3) is 0 Å². The fourth-order valence-electron chi connectivity index (χ4n) is 2.05. The summed E-state index contributed by atoms with van der Waals surface area (Å²) in [6, 6.07) is 13.1. The van der Waals surface area contributed by atoms with Crippen LogP contribution >= 0.6 is 0 Å². The average molecular weight is 285 g/mol. The van der Waals surface area contributed by atoms with Gasteiger partial charge in [-0.3, -0.25) is 4.79 Å². The van der Waals surface area contributed by atoms with Gasteiger partial charge < -0.3 is 14.8 Å². The Morgan fingerprint density at radius 1 is 1.14 bits per heavy atom. The number of nitrogens with one attached hydrogen (secondary N) is 1. The van der Waals surface area contributed by atoms with Gasteiger partial charge in [0.25, 0.3) is 5.91 Å². The number of amides is 1. The zero-order valence-electron chi connectivity index (χ0n) is 12.5. The Hall–Kier alpha value is -2.49. The molecule has 1 N–H and O–H groups in total. The molecule has 0 saturated heterocycles. The Morgan fingerprint density at radius 2 is 1.90 bits per heavy atom. The van der Waals surface area contributed by atoms with E-state index in [4.69, 9.17) is 9.47 Å². The van der Waals surface area contributed by atoms with Gasteiger partial charge in [-0.15, -0.1) is 0 Å². The molecule has 0 radical (unpaired) electrons. The largest absolute Gasteiger partial charge is 0.496 e. The Bertz CT molecular complexity index is 638. The highest BCUT2D eigenvalue weighted by molar-refractivity contribution is 5.94. The van der Waals surface area contributed by atoms with Gasteiger partial charge in [-0.1, -0.05) is 18.2 Å². The Kier molecular flexibility index (Phi) is 4.82. The minimum absolute atomic E-state index is 0.130. The smallest absolute Gasteiger partial charge is 0.251 e. The Labute approximate surface area is 124 Å². The van der Waals surface area contributed by atoms with Crippen molar-refractivity contribution in [2.24, 2.45) is 0 Å². The van der Waals surface area contributed by atoms with Gasteiger partial charge in [0.15, 0.2) is 0 Å². The third-order valence-corrected chi connectivity index (χ3v) is 3.25. The fraction of sp³-hybridized carbons (Fsp3) is 0.235. The summed E-state index contributed by atoms with van der Waals surface area (Å²) in [6.07, 6.45) is 0. The molecule has 2 rings (SSSR count). The number of carbonyl (C=O) groups excluding carboxylic acids is 1. The molecule has 4 nitrogen and oxygen atoms in total. The molecule has 0 heterocycles. The van der Waals surface area contributed by atoms with E-state index in [2.05, 4.69) is 5.32 Å². The first-order valence-electron chi connectivity index (χ1n) is 6.73. The number of benzene rings is 2. The highest BCUT2D eigenvalue weighted by Gasteiger charge is 2.10. The van der Waals surface area contributed by atoms with Crippen molar-refractivity contribution in [1.82, 2.24) is 5.32 Å². The molecular weight excluding hydrogens is 266 g/mol. The lowest BCUT2D eigenvalue weighted by atomic mass is 10.1. The number of hydrogen-bond donors (Lipinski definition) is 1. The second-order valence-corrected chi connectivity index (χ2v) is 4.66. The summed E-state index contributed by atoms with van der Waals surface area (Å²) in [5.74, 6) is 1.40. The van der Waals surface area contributed by atoms with E-state index in [-0.39, 0.29) is 5.91 Å². The zero-order chi connectivity index (χ0) is 15.2. The Morgan fingerprint density at radius 3 is 2.57 bits per heavy atom. The monoisotopic (exact) mass is 285 g/mol. The molecule has 0 spiro atoms. The minimum Gasteiger partial charge on any atom is -0.496 e. The van der Waals surface area contributed by atoms with Gasteiger partial charge in [-0.25, -0.2) is 0 Å². The van der Waals surface area contributed by atoms with Crippen LogP contribution in [-0.4, -0.2) is 20.1 Å². The lowest BCUT2D eigenvalue weighted by Gasteiger charge is -2.13. The van der Waals surface area contributed by atoms with Gasteiger partial charge in [-0.2, -0.15) is 0 Å². The molecule has 1 amide bonds. The van der Waals surface area contributed by atoms with Crippen LogP contribution in [0.4, 0.5) is 0 Å². The van der Waals surface area contributed by atoms with Crippen LogP contribution in [0.2, 0.25) is 0 Å². The lowest BCUT2D eigenvalue weighted by molar-refractivity contribution is 0.0963. The summed E-state index contributed by atoms with van der Waals surface area (Å²) in [5, 5.41) is 2.61. The molecule has 2 aromatic rings. The van der Waals surface area contributed by atoms with Crippen LogP contribution in [0, 0.1) is 6.92 Å². The highest BCUT2D eigenvalue weighted by Crippen LogP contribution is 2.23. The molecule has 0 aromatic heterocycles. The topological polar surface area (TPSA) is 47.6 Å². The van der Waals surface area contributed by atoms with Crippen molar-refractivity contribution in [3.63, 3.8) is 0 Å². The molecule has 0 atom stereocenters. The molecule has 21 heavy (non-hydrogen) atoms. The van der Waals surface area contributed by atoms with Gasteiger partial charge in [0.1, 0.15) is 18.1 Å². The first-order chi connectivity index (χ1) is 10.2. The quantitative estimate of drug-likeness (QED) is 0.918. The second kappa shape index (κ2) is 6.79. The van der Waals surface area contributed by atoms with Crippen LogP contribution in [0.5, 0.6) is 11.5 Å². The van der Waals surface area contributed by atoms with Crippen LogP contribution in [0.15, 0.2) is 42.5 Å². The maximum Gasteiger partial charge on any atom is 0.251 e. The SMILES string of the molecule is CNC(=O)c1ccc(OC)c(COc2ccccc2C)c1. The minimum atomic E-state index is -0.130. The van der Waals surface area contributed by atoms with Crippen molar-refractivity contribution in [3.8, 4) is 11.5 Å². The first kappa shape index (κ1) is 14.9. The molecule has 2 aromatic carbocycles. The summed E-state index contributed by atoms with van der Waals surface area (Å²) in [7, 11) is 3.21. The van der Waals surface area contributed by atoms with Crippen molar-refractivity contribution in [2.75, 3.05) is 14.2 Å². The van der Waals surface area contributed by atoms with Crippen molar-refractivity contribution in [3.05, 3.63) is 59.2 Å². The summed E-state index contributed by atoms with van der Waals surface area (Å²) in [6.45, 7) is 2.34. The van der Waals surface area contributed by atoms with Gasteiger partial charge in [0.05, 0.1) is 7.11 Å². The van der Waals surface area contributed by atoms with E-state index in [1.165, 1.54) is 0 Å². The number of carbonyl (C=O) groups is 1. The Balaban J connectivity index is 2.21. The number of ether oxygens (including phenoxy) is 2. The molecule has 0 aliphatic carbocycles. The predicted molar refractivity (Wildman–Crippen MR) is 81.9 cm³/mol. The van der Waals surface area contributed by atoms with Crippen LogP contribution in [0.3, 0.4) is 0 Å². The third kappa shape index (κ3) is 3.54. The number of rotatable bonds is 5. The van der Waals surface area contributed by atoms with Crippen LogP contribution in [-0.2, 0) is 6.61 Å². The average Bonchev–Trinajstić information content (AvgIpc) is 2.53. The van der Waals surface area contributed by atoms with E-state index in [1.807, 2.05) is 31.2 Å². The summed E-state index contributed by atoms with van der Waals surface area (Å²) < 4.78 is 11.1. The van der Waals surface area contributed by atoms with Gasteiger partial charge in [-0.05, 0) is 36.8 Å². The third-order valence-electron chi connectivity index (χ3n) is 3.25. The second-order valence-electron chi connectivity index (χ2n) is 4.66. The molecule has 0 fully saturated rings.